The first kappa shape index (κ1) is 19.7. The zero-order valence-electron chi connectivity index (χ0n) is 16.0. The van der Waals surface area contributed by atoms with Crippen LogP contribution in [0.2, 0.25) is 0 Å². The molecular weight excluding hydrogens is 356 g/mol. The van der Waals surface area contributed by atoms with E-state index in [1.807, 2.05) is 55.5 Å². The Morgan fingerprint density at radius 1 is 0.821 bits per heavy atom. The minimum Gasteiger partial charge on any atom is -0.493 e. The Morgan fingerprint density at radius 3 is 1.82 bits per heavy atom. The van der Waals surface area contributed by atoms with Crippen LogP contribution in [0.5, 0.6) is 11.5 Å². The maximum absolute atomic E-state index is 11.0. The fourth-order valence-electron chi connectivity index (χ4n) is 3.07. The maximum atomic E-state index is 11.0. The molecule has 0 fully saturated rings. The second kappa shape index (κ2) is 9.76. The zero-order valence-corrected chi connectivity index (χ0v) is 16.0. The van der Waals surface area contributed by atoms with Crippen molar-refractivity contribution in [3.05, 3.63) is 61.2 Å². The van der Waals surface area contributed by atoms with Crippen molar-refractivity contribution >= 4 is 27.5 Å². The molecule has 3 rings (SSSR count). The van der Waals surface area contributed by atoms with E-state index >= 15 is 0 Å². The number of hydrogen-bond donors (Lipinski definition) is 0. The van der Waals surface area contributed by atoms with Crippen LogP contribution < -0.4 is 9.47 Å². The Labute approximate surface area is 164 Å². The Kier molecular flexibility index (Phi) is 6.87. The van der Waals surface area contributed by atoms with Gasteiger partial charge in [-0.15, -0.1) is 0 Å². The van der Waals surface area contributed by atoms with Gasteiger partial charge in [-0.1, -0.05) is 55.1 Å². The predicted octanol–water partition coefficient (Wildman–Crippen LogP) is 4.52. The van der Waals surface area contributed by atoms with E-state index in [0.717, 1.165) is 39.1 Å². The molecule has 5 nitrogen and oxygen atoms in total. The van der Waals surface area contributed by atoms with Gasteiger partial charge in [0.05, 0.1) is 19.8 Å². The number of hydrogen-bond acceptors (Lipinski definition) is 5. The van der Waals surface area contributed by atoms with Crippen LogP contribution in [0.1, 0.15) is 6.92 Å². The van der Waals surface area contributed by atoms with Gasteiger partial charge >= 0.3 is 5.97 Å². The molecule has 0 spiro atoms. The number of rotatable bonds is 10. The fourth-order valence-corrected chi connectivity index (χ4v) is 3.07. The zero-order chi connectivity index (χ0) is 19.8. The summed E-state index contributed by atoms with van der Waals surface area (Å²) in [4.78, 5) is 11.0. The van der Waals surface area contributed by atoms with Gasteiger partial charge in [0.2, 0.25) is 0 Å². The summed E-state index contributed by atoms with van der Waals surface area (Å²) in [6.45, 7) is 7.21. The van der Waals surface area contributed by atoms with E-state index in [-0.39, 0.29) is 6.61 Å². The molecule has 146 valence electrons. The Hall–Kier alpha value is -3.05. The number of carbonyl (C=O) groups is 1. The minimum absolute atomic E-state index is 0.194. The van der Waals surface area contributed by atoms with Crippen molar-refractivity contribution in [3.8, 4) is 11.5 Å². The van der Waals surface area contributed by atoms with Crippen molar-refractivity contribution in [3.63, 3.8) is 0 Å². The average molecular weight is 380 g/mol. The number of carbonyl (C=O) groups excluding carboxylic acids is 1. The molecule has 0 saturated carbocycles. The van der Waals surface area contributed by atoms with Gasteiger partial charge in [-0.3, -0.25) is 0 Å². The lowest BCUT2D eigenvalue weighted by atomic mass is 10.0. The summed E-state index contributed by atoms with van der Waals surface area (Å²) in [5, 5.41) is 4.06. The first-order chi connectivity index (χ1) is 13.8. The summed E-state index contributed by atoms with van der Waals surface area (Å²) >= 11 is 0. The fraction of sp³-hybridized carbons (Fsp3) is 0.261. The topological polar surface area (TPSA) is 54.0 Å². The molecular formula is C23H24O5. The average Bonchev–Trinajstić information content (AvgIpc) is 2.74. The smallest absolute Gasteiger partial charge is 0.330 e. The largest absolute Gasteiger partial charge is 0.493 e. The Bertz CT molecular complexity index is 907. The molecule has 3 aromatic carbocycles. The van der Waals surface area contributed by atoms with Gasteiger partial charge in [-0.25, -0.2) is 4.79 Å². The standard InChI is InChI=1S/C23H24O5/c1-3-21(24)27-15-13-25-14-16-28-23-19-11-7-5-9-17(19)22(26-4-2)18-10-6-8-12-20(18)23/h3,5-12H,1,4,13-16H2,2H3. The summed E-state index contributed by atoms with van der Waals surface area (Å²) in [6, 6.07) is 16.1. The molecule has 0 unspecified atom stereocenters. The highest BCUT2D eigenvalue weighted by atomic mass is 16.6. The van der Waals surface area contributed by atoms with Gasteiger partial charge in [0.25, 0.3) is 0 Å². The molecule has 0 aromatic heterocycles. The molecule has 0 atom stereocenters. The van der Waals surface area contributed by atoms with Gasteiger partial charge in [0, 0.05) is 27.6 Å². The van der Waals surface area contributed by atoms with E-state index < -0.39 is 5.97 Å². The minimum atomic E-state index is -0.452. The van der Waals surface area contributed by atoms with Crippen LogP contribution >= 0.6 is 0 Å². The van der Waals surface area contributed by atoms with Gasteiger partial charge < -0.3 is 18.9 Å². The third-order valence-electron chi connectivity index (χ3n) is 4.23. The van der Waals surface area contributed by atoms with Crippen LogP contribution in [0.15, 0.2) is 61.2 Å². The quantitative estimate of drug-likeness (QED) is 0.224. The molecule has 5 heteroatoms. The van der Waals surface area contributed by atoms with Crippen LogP contribution in [0.4, 0.5) is 0 Å². The monoisotopic (exact) mass is 380 g/mol. The van der Waals surface area contributed by atoms with Crippen molar-refractivity contribution in [2.24, 2.45) is 0 Å². The summed E-state index contributed by atoms with van der Waals surface area (Å²) < 4.78 is 22.4. The molecule has 0 heterocycles. The van der Waals surface area contributed by atoms with Crippen LogP contribution in [-0.2, 0) is 14.3 Å². The maximum Gasteiger partial charge on any atom is 0.330 e. The van der Waals surface area contributed by atoms with E-state index in [1.54, 1.807) is 0 Å². The molecule has 0 bridgehead atoms. The Morgan fingerprint density at radius 2 is 1.32 bits per heavy atom. The highest BCUT2D eigenvalue weighted by Crippen LogP contribution is 2.42. The number of ether oxygens (including phenoxy) is 4. The summed E-state index contributed by atoms with van der Waals surface area (Å²) in [6.07, 6.45) is 1.13. The van der Waals surface area contributed by atoms with Crippen LogP contribution in [0.3, 0.4) is 0 Å². The van der Waals surface area contributed by atoms with Crippen molar-refractivity contribution in [2.75, 3.05) is 33.0 Å². The molecule has 0 aliphatic heterocycles. The third-order valence-corrected chi connectivity index (χ3v) is 4.23. The lowest BCUT2D eigenvalue weighted by Gasteiger charge is -2.17. The molecule has 3 aromatic rings. The highest BCUT2D eigenvalue weighted by Gasteiger charge is 2.15. The summed E-state index contributed by atoms with van der Waals surface area (Å²) in [5.41, 5.74) is 0. The van der Waals surface area contributed by atoms with Gasteiger partial charge in [0.1, 0.15) is 24.7 Å². The molecule has 0 saturated heterocycles. The Balaban J connectivity index is 1.76. The van der Waals surface area contributed by atoms with Crippen molar-refractivity contribution < 1.29 is 23.7 Å². The molecule has 0 aliphatic rings. The number of benzene rings is 3. The van der Waals surface area contributed by atoms with Gasteiger partial charge in [0.15, 0.2) is 0 Å². The molecule has 28 heavy (non-hydrogen) atoms. The van der Waals surface area contributed by atoms with E-state index in [0.29, 0.717) is 26.4 Å². The lowest BCUT2D eigenvalue weighted by Crippen LogP contribution is -2.12. The van der Waals surface area contributed by atoms with E-state index in [2.05, 4.69) is 6.58 Å². The third kappa shape index (κ3) is 4.43. The van der Waals surface area contributed by atoms with Crippen LogP contribution in [-0.4, -0.2) is 39.0 Å². The number of esters is 1. The lowest BCUT2D eigenvalue weighted by molar-refractivity contribution is -0.139. The molecule has 0 aliphatic carbocycles. The predicted molar refractivity (Wildman–Crippen MR) is 110 cm³/mol. The first-order valence-electron chi connectivity index (χ1n) is 9.32. The van der Waals surface area contributed by atoms with E-state index in [1.165, 1.54) is 0 Å². The summed E-state index contributed by atoms with van der Waals surface area (Å²) in [5.74, 6) is 1.24. The van der Waals surface area contributed by atoms with Crippen molar-refractivity contribution in [1.82, 2.24) is 0 Å². The van der Waals surface area contributed by atoms with Gasteiger partial charge in [-0.05, 0) is 6.92 Å². The molecule has 0 amide bonds. The summed E-state index contributed by atoms with van der Waals surface area (Å²) in [7, 11) is 0. The normalized spacial score (nSPS) is 10.8. The molecule has 0 radical (unpaired) electrons. The second-order valence-electron chi connectivity index (χ2n) is 6.01. The van der Waals surface area contributed by atoms with Gasteiger partial charge in [-0.2, -0.15) is 0 Å². The highest BCUT2D eigenvalue weighted by molar-refractivity contribution is 6.11. The number of fused-ring (bicyclic) bond motifs is 2. The van der Waals surface area contributed by atoms with Crippen molar-refractivity contribution in [2.45, 2.75) is 6.92 Å². The van der Waals surface area contributed by atoms with E-state index in [4.69, 9.17) is 18.9 Å². The van der Waals surface area contributed by atoms with Crippen LogP contribution in [0.25, 0.3) is 21.5 Å². The first-order valence-corrected chi connectivity index (χ1v) is 9.32. The van der Waals surface area contributed by atoms with Crippen LogP contribution in [0, 0.1) is 0 Å². The SMILES string of the molecule is C=CC(=O)OCCOCCOc1c2ccccc2c(OCC)c2ccccc12. The van der Waals surface area contributed by atoms with E-state index in [9.17, 15) is 4.79 Å². The second-order valence-corrected chi connectivity index (χ2v) is 6.01. The van der Waals surface area contributed by atoms with Crippen molar-refractivity contribution in [1.29, 1.82) is 0 Å². The molecule has 0 N–H and O–H groups in total.